The molecule has 6 unspecified atom stereocenters. The van der Waals surface area contributed by atoms with Gasteiger partial charge in [-0.05, 0) is 26.2 Å². The van der Waals surface area contributed by atoms with Gasteiger partial charge in [0.05, 0.1) is 24.7 Å². The Labute approximate surface area is 179 Å². The van der Waals surface area contributed by atoms with Gasteiger partial charge in [-0.15, -0.1) is 0 Å². The summed E-state index contributed by atoms with van der Waals surface area (Å²) in [7, 11) is 0. The summed E-state index contributed by atoms with van der Waals surface area (Å²) in [5, 5.41) is 35.3. The highest BCUT2D eigenvalue weighted by Crippen LogP contribution is 2.05. The zero-order chi connectivity index (χ0) is 24.5. The Morgan fingerprint density at radius 2 is 1.23 bits per heavy atom. The molecule has 0 saturated carbocycles. The fraction of sp³-hybridized carbons (Fsp3) is 0.722. The van der Waals surface area contributed by atoms with E-state index in [4.69, 9.17) is 16.6 Å². The van der Waals surface area contributed by atoms with Gasteiger partial charge in [0.1, 0.15) is 18.1 Å². The summed E-state index contributed by atoms with van der Waals surface area (Å²) in [6.07, 6.45) is -3.24. The lowest BCUT2D eigenvalue weighted by Crippen LogP contribution is -2.62. The lowest BCUT2D eigenvalue weighted by molar-refractivity contribution is -0.144. The van der Waals surface area contributed by atoms with E-state index in [0.717, 1.165) is 6.92 Å². The number of amides is 4. The van der Waals surface area contributed by atoms with E-state index in [1.807, 2.05) is 19.2 Å². The Hall–Kier alpha value is -2.77. The van der Waals surface area contributed by atoms with Crippen LogP contribution in [0.2, 0.25) is 0 Å². The van der Waals surface area contributed by atoms with Crippen LogP contribution >= 0.6 is 0 Å². The molecule has 0 aromatic rings. The van der Waals surface area contributed by atoms with Crippen molar-refractivity contribution in [3.8, 4) is 0 Å². The molecule has 13 nitrogen and oxygen atoms in total. The maximum atomic E-state index is 12.6. The van der Waals surface area contributed by atoms with Crippen LogP contribution < -0.4 is 27.4 Å². The van der Waals surface area contributed by atoms with Crippen molar-refractivity contribution in [2.24, 2.45) is 17.4 Å². The number of carbonyl (C=O) groups is 5. The highest BCUT2D eigenvalue weighted by atomic mass is 16.4. The number of carboxylic acids is 1. The predicted octanol–water partition coefficient (Wildman–Crippen LogP) is -3.46. The lowest BCUT2D eigenvalue weighted by Gasteiger charge is -2.27. The van der Waals surface area contributed by atoms with Gasteiger partial charge in [0.15, 0.2) is 0 Å². The number of primary amides is 1. The monoisotopic (exact) mass is 447 g/mol. The summed E-state index contributed by atoms with van der Waals surface area (Å²) in [4.78, 5) is 59.3. The maximum Gasteiger partial charge on any atom is 0.326 e. The molecular formula is C18H33N5O8. The standard InChI is InChI=1S/C18H33N5O8/c1-7(2)5-10(19)15(27)22-14(9(4)25)17(29)23-13(8(3)24)16(28)21-11(18(30)31)6-12(20)26/h7-11,13-14,24-25H,5-6,19H2,1-4H3,(H2,20,26)(H,21,28)(H,22,27)(H,23,29)(H,30,31). The minimum atomic E-state index is -1.68. The van der Waals surface area contributed by atoms with E-state index in [0.29, 0.717) is 6.42 Å². The number of aliphatic carboxylic acids is 1. The minimum absolute atomic E-state index is 0.102. The number of carbonyl (C=O) groups excluding carboxylic acids is 4. The molecule has 31 heavy (non-hydrogen) atoms. The molecular weight excluding hydrogens is 414 g/mol. The van der Waals surface area contributed by atoms with Crippen LogP contribution in [0.3, 0.4) is 0 Å². The fourth-order valence-electron chi connectivity index (χ4n) is 2.59. The minimum Gasteiger partial charge on any atom is -0.480 e. The number of aliphatic hydroxyl groups is 2. The summed E-state index contributed by atoms with van der Waals surface area (Å²) in [6, 6.07) is -5.76. The first-order chi connectivity index (χ1) is 14.2. The number of rotatable bonds is 13. The van der Waals surface area contributed by atoms with Crippen LogP contribution in [0.4, 0.5) is 0 Å². The normalized spacial score (nSPS) is 16.9. The third-order valence-corrected chi connectivity index (χ3v) is 4.21. The second kappa shape index (κ2) is 12.8. The molecule has 13 heteroatoms. The first-order valence-electron chi connectivity index (χ1n) is 9.71. The van der Waals surface area contributed by atoms with Crippen molar-refractivity contribution in [3.63, 3.8) is 0 Å². The van der Waals surface area contributed by atoms with Gasteiger partial charge in [0, 0.05) is 0 Å². The van der Waals surface area contributed by atoms with Gasteiger partial charge in [0.25, 0.3) is 0 Å². The van der Waals surface area contributed by atoms with Crippen molar-refractivity contribution in [2.75, 3.05) is 0 Å². The third kappa shape index (κ3) is 10.2. The number of nitrogens with two attached hydrogens (primary N) is 2. The first-order valence-corrected chi connectivity index (χ1v) is 9.71. The first kappa shape index (κ1) is 28.2. The average Bonchev–Trinajstić information content (AvgIpc) is 2.61. The second-order valence-corrected chi connectivity index (χ2v) is 7.76. The Morgan fingerprint density at radius 3 is 1.58 bits per heavy atom. The summed E-state index contributed by atoms with van der Waals surface area (Å²) in [5.74, 6) is -5.24. The van der Waals surface area contributed by atoms with E-state index in [2.05, 4.69) is 10.6 Å². The Morgan fingerprint density at radius 1 is 0.806 bits per heavy atom. The van der Waals surface area contributed by atoms with Crippen LogP contribution in [0.25, 0.3) is 0 Å². The Bertz CT molecular complexity index is 667. The maximum absolute atomic E-state index is 12.6. The van der Waals surface area contributed by atoms with Crippen molar-refractivity contribution >= 4 is 29.6 Å². The molecule has 0 aliphatic rings. The molecule has 6 atom stereocenters. The van der Waals surface area contributed by atoms with E-state index < -0.39 is 72.4 Å². The van der Waals surface area contributed by atoms with Crippen molar-refractivity contribution in [1.29, 1.82) is 0 Å². The van der Waals surface area contributed by atoms with Crippen molar-refractivity contribution in [1.82, 2.24) is 16.0 Å². The molecule has 178 valence electrons. The van der Waals surface area contributed by atoms with Crippen molar-refractivity contribution in [3.05, 3.63) is 0 Å². The average molecular weight is 447 g/mol. The molecule has 0 radical (unpaired) electrons. The summed E-state index contributed by atoms with van der Waals surface area (Å²) in [6.45, 7) is 6.08. The van der Waals surface area contributed by atoms with Crippen LogP contribution in [0, 0.1) is 5.92 Å². The van der Waals surface area contributed by atoms with Crippen LogP contribution in [-0.4, -0.2) is 81.3 Å². The molecule has 0 spiro atoms. The summed E-state index contributed by atoms with van der Waals surface area (Å²) in [5.41, 5.74) is 10.7. The SMILES string of the molecule is CC(C)CC(N)C(=O)NC(C(=O)NC(C(=O)NC(CC(N)=O)C(=O)O)C(C)O)C(C)O. The molecule has 0 aromatic carbocycles. The van der Waals surface area contributed by atoms with Crippen molar-refractivity contribution < 1.29 is 39.3 Å². The molecule has 0 aliphatic carbocycles. The zero-order valence-electron chi connectivity index (χ0n) is 18.0. The van der Waals surface area contributed by atoms with E-state index in [9.17, 15) is 34.2 Å². The predicted molar refractivity (Wildman–Crippen MR) is 108 cm³/mol. The van der Waals surface area contributed by atoms with Crippen LogP contribution in [0.5, 0.6) is 0 Å². The third-order valence-electron chi connectivity index (χ3n) is 4.21. The number of hydrogen-bond acceptors (Lipinski definition) is 8. The van der Waals surface area contributed by atoms with E-state index >= 15 is 0 Å². The molecule has 0 bridgehead atoms. The highest BCUT2D eigenvalue weighted by molar-refractivity contribution is 5.95. The number of carboxylic acid groups (broad SMARTS) is 1. The molecule has 0 aliphatic heterocycles. The second-order valence-electron chi connectivity index (χ2n) is 7.76. The fourth-order valence-corrected chi connectivity index (χ4v) is 2.59. The Balaban J connectivity index is 5.36. The smallest absolute Gasteiger partial charge is 0.326 e. The number of hydrogen-bond donors (Lipinski definition) is 8. The molecule has 0 fully saturated rings. The number of nitrogens with one attached hydrogen (secondary N) is 3. The lowest BCUT2D eigenvalue weighted by atomic mass is 10.0. The van der Waals surface area contributed by atoms with Gasteiger partial charge in [0.2, 0.25) is 23.6 Å². The summed E-state index contributed by atoms with van der Waals surface area (Å²) < 4.78 is 0. The Kier molecular flexibility index (Phi) is 11.7. The number of aliphatic hydroxyl groups excluding tert-OH is 2. The largest absolute Gasteiger partial charge is 0.480 e. The quantitative estimate of drug-likeness (QED) is 0.140. The van der Waals surface area contributed by atoms with Gasteiger partial charge in [-0.25, -0.2) is 4.79 Å². The van der Waals surface area contributed by atoms with Gasteiger partial charge >= 0.3 is 5.97 Å². The molecule has 0 aromatic heterocycles. The van der Waals surface area contributed by atoms with Gasteiger partial charge in [-0.1, -0.05) is 13.8 Å². The zero-order valence-corrected chi connectivity index (χ0v) is 18.0. The van der Waals surface area contributed by atoms with Crippen LogP contribution in [-0.2, 0) is 24.0 Å². The van der Waals surface area contributed by atoms with Gasteiger partial charge in [-0.3, -0.25) is 19.2 Å². The molecule has 4 amide bonds. The van der Waals surface area contributed by atoms with Crippen molar-refractivity contribution in [2.45, 2.75) is 76.9 Å². The van der Waals surface area contributed by atoms with E-state index in [1.165, 1.54) is 6.92 Å². The summed E-state index contributed by atoms with van der Waals surface area (Å²) >= 11 is 0. The van der Waals surface area contributed by atoms with Gasteiger partial charge in [-0.2, -0.15) is 0 Å². The topological polar surface area (TPSA) is 234 Å². The molecule has 0 heterocycles. The molecule has 0 saturated heterocycles. The molecule has 0 rings (SSSR count). The van der Waals surface area contributed by atoms with Gasteiger partial charge < -0.3 is 42.7 Å². The molecule has 10 N–H and O–H groups in total. The van der Waals surface area contributed by atoms with Crippen LogP contribution in [0.15, 0.2) is 0 Å². The highest BCUT2D eigenvalue weighted by Gasteiger charge is 2.34. The van der Waals surface area contributed by atoms with E-state index in [-0.39, 0.29) is 5.92 Å². The van der Waals surface area contributed by atoms with Crippen LogP contribution in [0.1, 0.15) is 40.5 Å². The van der Waals surface area contributed by atoms with E-state index in [1.54, 1.807) is 0 Å².